The summed E-state index contributed by atoms with van der Waals surface area (Å²) >= 11 is 17.5. The largest absolute Gasteiger partial charge is 0.457 e. The van der Waals surface area contributed by atoms with Gasteiger partial charge in [0.1, 0.15) is 17.1 Å². The van der Waals surface area contributed by atoms with Gasteiger partial charge in [-0.15, -0.1) is 0 Å². The number of hydrogen-bond acceptors (Lipinski definition) is 4. The first-order chi connectivity index (χ1) is 14.3. The maximum atomic E-state index is 13.0. The van der Waals surface area contributed by atoms with Gasteiger partial charge < -0.3 is 4.42 Å². The van der Waals surface area contributed by atoms with Gasteiger partial charge in [-0.1, -0.05) is 40.9 Å². The summed E-state index contributed by atoms with van der Waals surface area (Å²) in [5.41, 5.74) is 2.11. The number of furan rings is 1. The van der Waals surface area contributed by atoms with Gasteiger partial charge in [0.2, 0.25) is 0 Å². The van der Waals surface area contributed by atoms with Crippen molar-refractivity contribution in [3.05, 3.63) is 81.5 Å². The number of nitrogens with zero attached hydrogens (tertiary/aromatic N) is 1. The van der Waals surface area contributed by atoms with Crippen LogP contribution >= 0.6 is 35.4 Å². The Hall–Kier alpha value is -2.93. The Morgan fingerprint density at radius 2 is 1.77 bits per heavy atom. The van der Waals surface area contributed by atoms with Crippen molar-refractivity contribution in [1.82, 2.24) is 5.32 Å². The molecule has 0 atom stereocenters. The van der Waals surface area contributed by atoms with Crippen molar-refractivity contribution in [2.45, 2.75) is 6.92 Å². The van der Waals surface area contributed by atoms with Crippen LogP contribution in [0.5, 0.6) is 0 Å². The van der Waals surface area contributed by atoms with E-state index in [9.17, 15) is 9.59 Å². The van der Waals surface area contributed by atoms with E-state index in [1.807, 2.05) is 19.1 Å². The Balaban J connectivity index is 1.69. The first-order valence-corrected chi connectivity index (χ1v) is 10.0. The molecular formula is C22H14Cl2N2O3S. The summed E-state index contributed by atoms with van der Waals surface area (Å²) in [6.45, 7) is 1.94. The number of thiocarbonyl (C=S) groups is 1. The van der Waals surface area contributed by atoms with Gasteiger partial charge in [-0.25, -0.2) is 0 Å². The molecule has 0 saturated carbocycles. The normalized spacial score (nSPS) is 15.6. The van der Waals surface area contributed by atoms with E-state index in [4.69, 9.17) is 39.8 Å². The molecule has 1 aliphatic rings. The lowest BCUT2D eigenvalue weighted by molar-refractivity contribution is -0.122. The average Bonchev–Trinajstić information content (AvgIpc) is 3.17. The van der Waals surface area contributed by atoms with Gasteiger partial charge in [0, 0.05) is 10.6 Å². The number of benzene rings is 2. The molecule has 0 spiro atoms. The van der Waals surface area contributed by atoms with Crippen LogP contribution in [0.2, 0.25) is 10.0 Å². The predicted molar refractivity (Wildman–Crippen MR) is 122 cm³/mol. The third kappa shape index (κ3) is 3.89. The molecular weight excluding hydrogens is 443 g/mol. The number of amides is 2. The molecule has 2 heterocycles. The number of rotatable bonds is 3. The Morgan fingerprint density at radius 3 is 2.50 bits per heavy atom. The van der Waals surface area contributed by atoms with Crippen LogP contribution in [0.15, 0.2) is 64.6 Å². The van der Waals surface area contributed by atoms with Gasteiger partial charge in [-0.05, 0) is 67.7 Å². The van der Waals surface area contributed by atoms with Crippen LogP contribution in [0, 0.1) is 6.92 Å². The summed E-state index contributed by atoms with van der Waals surface area (Å²) in [7, 11) is 0. The summed E-state index contributed by atoms with van der Waals surface area (Å²) in [4.78, 5) is 26.7. The minimum absolute atomic E-state index is 0.0249. The molecule has 0 bridgehead atoms. The molecule has 1 aromatic heterocycles. The molecule has 1 aliphatic heterocycles. The number of carbonyl (C=O) groups is 2. The molecule has 5 nitrogen and oxygen atoms in total. The van der Waals surface area contributed by atoms with Crippen molar-refractivity contribution >= 4 is 64.1 Å². The molecule has 3 aromatic rings. The molecule has 8 heteroatoms. The molecule has 2 aromatic carbocycles. The highest BCUT2D eigenvalue weighted by atomic mass is 35.5. The second-order valence-corrected chi connectivity index (χ2v) is 7.85. The van der Waals surface area contributed by atoms with Crippen molar-refractivity contribution in [2.24, 2.45) is 0 Å². The highest BCUT2D eigenvalue weighted by Gasteiger charge is 2.34. The van der Waals surface area contributed by atoms with Gasteiger partial charge in [0.15, 0.2) is 5.11 Å². The molecule has 1 N–H and O–H groups in total. The third-order valence-corrected chi connectivity index (χ3v) is 5.35. The molecule has 1 saturated heterocycles. The summed E-state index contributed by atoms with van der Waals surface area (Å²) in [6, 6.07) is 15.6. The van der Waals surface area contributed by atoms with E-state index in [1.165, 1.54) is 11.0 Å². The van der Waals surface area contributed by atoms with Crippen molar-refractivity contribution in [1.29, 1.82) is 0 Å². The lowest BCUT2D eigenvalue weighted by Gasteiger charge is -2.28. The van der Waals surface area contributed by atoms with Crippen molar-refractivity contribution < 1.29 is 14.0 Å². The fourth-order valence-electron chi connectivity index (χ4n) is 2.99. The number of hydrogen-bond donors (Lipinski definition) is 1. The molecule has 4 rings (SSSR count). The lowest BCUT2D eigenvalue weighted by Crippen LogP contribution is -2.54. The topological polar surface area (TPSA) is 62.6 Å². The minimum Gasteiger partial charge on any atom is -0.457 e. The lowest BCUT2D eigenvalue weighted by atomic mass is 10.1. The first-order valence-electron chi connectivity index (χ1n) is 8.87. The van der Waals surface area contributed by atoms with Crippen LogP contribution in [0.1, 0.15) is 11.3 Å². The zero-order valence-electron chi connectivity index (χ0n) is 15.6. The van der Waals surface area contributed by atoms with Crippen LogP contribution in [0.3, 0.4) is 0 Å². The molecule has 1 fully saturated rings. The number of anilines is 1. The van der Waals surface area contributed by atoms with Crippen LogP contribution in [-0.2, 0) is 9.59 Å². The van der Waals surface area contributed by atoms with Crippen molar-refractivity contribution in [3.63, 3.8) is 0 Å². The summed E-state index contributed by atoms with van der Waals surface area (Å²) in [5.74, 6) is -0.349. The van der Waals surface area contributed by atoms with Crippen molar-refractivity contribution in [2.75, 3.05) is 4.90 Å². The third-order valence-electron chi connectivity index (χ3n) is 4.50. The quantitative estimate of drug-likeness (QED) is 0.325. The number of aryl methyl sites for hydroxylation is 1. The number of carbonyl (C=O) groups excluding carboxylic acids is 2. The van der Waals surface area contributed by atoms with Crippen LogP contribution in [-0.4, -0.2) is 16.9 Å². The minimum atomic E-state index is -0.591. The number of halogens is 2. The summed E-state index contributed by atoms with van der Waals surface area (Å²) in [6.07, 6.45) is 1.38. The Kier molecular flexibility index (Phi) is 5.47. The monoisotopic (exact) mass is 456 g/mol. The zero-order chi connectivity index (χ0) is 21.4. The maximum absolute atomic E-state index is 13.0. The van der Waals surface area contributed by atoms with E-state index >= 15 is 0 Å². The van der Waals surface area contributed by atoms with Gasteiger partial charge >= 0.3 is 0 Å². The SMILES string of the molecule is Cc1ccc(N2C(=O)C(=Cc3ccc(-c4cc(Cl)ccc4Cl)o3)C(=O)NC2=S)cc1. The zero-order valence-corrected chi connectivity index (χ0v) is 17.9. The molecule has 150 valence electrons. The fraction of sp³-hybridized carbons (Fsp3) is 0.0455. The Bertz CT molecular complexity index is 1220. The maximum Gasteiger partial charge on any atom is 0.270 e. The second kappa shape index (κ2) is 8.07. The van der Waals surface area contributed by atoms with E-state index in [0.29, 0.717) is 32.8 Å². The Labute approximate surface area is 187 Å². The van der Waals surface area contributed by atoms with Crippen molar-refractivity contribution in [3.8, 4) is 11.3 Å². The van der Waals surface area contributed by atoms with Crippen LogP contribution < -0.4 is 10.2 Å². The first kappa shape index (κ1) is 20.3. The molecule has 0 radical (unpaired) electrons. The number of nitrogens with one attached hydrogen (secondary N) is 1. The standard InChI is InChI=1S/C22H14Cl2N2O3S/c1-12-2-5-14(6-3-12)26-21(28)17(20(27)25-22(26)30)11-15-7-9-19(29-15)16-10-13(23)4-8-18(16)24/h2-11H,1H3,(H,25,27,30). The van der Waals surface area contributed by atoms with E-state index in [1.54, 1.807) is 42.5 Å². The fourth-order valence-corrected chi connectivity index (χ4v) is 3.65. The van der Waals surface area contributed by atoms with E-state index in [2.05, 4.69) is 5.32 Å². The molecule has 0 unspecified atom stereocenters. The van der Waals surface area contributed by atoms with Gasteiger partial charge in [0.05, 0.1) is 10.7 Å². The highest BCUT2D eigenvalue weighted by molar-refractivity contribution is 7.80. The molecule has 2 amide bonds. The van der Waals surface area contributed by atoms with E-state index < -0.39 is 11.8 Å². The van der Waals surface area contributed by atoms with Crippen LogP contribution in [0.4, 0.5) is 5.69 Å². The smallest absolute Gasteiger partial charge is 0.270 e. The van der Waals surface area contributed by atoms with E-state index in [-0.39, 0.29) is 10.7 Å². The molecule has 30 heavy (non-hydrogen) atoms. The second-order valence-electron chi connectivity index (χ2n) is 6.62. The predicted octanol–water partition coefficient (Wildman–Crippen LogP) is 5.39. The Morgan fingerprint density at radius 1 is 1.03 bits per heavy atom. The summed E-state index contributed by atoms with van der Waals surface area (Å²) < 4.78 is 5.79. The van der Waals surface area contributed by atoms with Gasteiger partial charge in [0.25, 0.3) is 11.8 Å². The molecule has 0 aliphatic carbocycles. The highest BCUT2D eigenvalue weighted by Crippen LogP contribution is 2.32. The average molecular weight is 457 g/mol. The van der Waals surface area contributed by atoms with E-state index in [0.717, 1.165) is 5.56 Å². The van der Waals surface area contributed by atoms with Gasteiger partial charge in [-0.2, -0.15) is 0 Å². The van der Waals surface area contributed by atoms with Gasteiger partial charge in [-0.3, -0.25) is 19.8 Å². The van der Waals surface area contributed by atoms with Crippen LogP contribution in [0.25, 0.3) is 17.4 Å². The summed E-state index contributed by atoms with van der Waals surface area (Å²) in [5, 5.41) is 3.55.